The van der Waals surface area contributed by atoms with Gasteiger partial charge in [-0.05, 0) is 23.5 Å². The molecule has 2 aliphatic heterocycles. The van der Waals surface area contributed by atoms with Crippen LogP contribution in [-0.2, 0) is 6.42 Å². The fourth-order valence-electron chi connectivity index (χ4n) is 4.73. The van der Waals surface area contributed by atoms with E-state index < -0.39 is 0 Å². The summed E-state index contributed by atoms with van der Waals surface area (Å²) in [4.78, 5) is 1.84. The zero-order valence-electron chi connectivity index (χ0n) is 10.3. The van der Waals surface area contributed by atoms with Gasteiger partial charge in [0.05, 0.1) is 19.1 Å². The van der Waals surface area contributed by atoms with E-state index in [1.54, 1.807) is 11.1 Å². The summed E-state index contributed by atoms with van der Waals surface area (Å²) in [6, 6.07) is 11.1. The molecule has 2 fully saturated rings. The van der Waals surface area contributed by atoms with Crippen molar-refractivity contribution in [2.24, 2.45) is 5.92 Å². The van der Waals surface area contributed by atoms with Crippen molar-refractivity contribution in [1.29, 1.82) is 0 Å². The van der Waals surface area contributed by atoms with E-state index in [-0.39, 0.29) is 12.4 Å². The van der Waals surface area contributed by atoms with E-state index in [2.05, 4.69) is 31.3 Å². The Morgan fingerprint density at radius 3 is 2.88 bits per heavy atom. The summed E-state index contributed by atoms with van der Waals surface area (Å²) in [5.41, 5.74) is 3.34. The number of piperidine rings is 1. The van der Waals surface area contributed by atoms with Crippen LogP contribution < -0.4 is 17.3 Å². The van der Waals surface area contributed by atoms with Crippen LogP contribution in [0.3, 0.4) is 0 Å². The maximum absolute atomic E-state index is 2.43. The van der Waals surface area contributed by atoms with Gasteiger partial charge in [0.15, 0.2) is 0 Å². The molecule has 17 heavy (non-hydrogen) atoms. The molecule has 0 amide bonds. The predicted molar refractivity (Wildman–Crippen MR) is 64.7 cm³/mol. The minimum absolute atomic E-state index is 0. The Morgan fingerprint density at radius 1 is 1.18 bits per heavy atom. The number of nitrogens with one attached hydrogen (secondary N) is 1. The van der Waals surface area contributed by atoms with E-state index in [1.165, 1.54) is 25.7 Å². The summed E-state index contributed by atoms with van der Waals surface area (Å²) in [6.45, 7) is 0. The van der Waals surface area contributed by atoms with Gasteiger partial charge in [-0.15, -0.1) is 0 Å². The van der Waals surface area contributed by atoms with Crippen molar-refractivity contribution in [2.45, 2.75) is 43.7 Å². The first-order valence-corrected chi connectivity index (χ1v) is 6.75. The maximum atomic E-state index is 2.43. The van der Waals surface area contributed by atoms with Gasteiger partial charge in [0.25, 0.3) is 0 Å². The van der Waals surface area contributed by atoms with Crippen molar-refractivity contribution in [3.8, 4) is 0 Å². The van der Waals surface area contributed by atoms with Crippen LogP contribution in [0.15, 0.2) is 24.3 Å². The minimum Gasteiger partial charge on any atom is -1.00 e. The zero-order chi connectivity index (χ0) is 10.7. The third kappa shape index (κ3) is 1.49. The molecule has 1 aromatic carbocycles. The van der Waals surface area contributed by atoms with Crippen molar-refractivity contribution >= 4 is 0 Å². The first-order valence-electron chi connectivity index (χ1n) is 6.75. The molecule has 3 aliphatic rings. The van der Waals surface area contributed by atoms with Crippen LogP contribution in [0.5, 0.6) is 0 Å². The molecule has 4 rings (SSSR count). The number of halogens is 1. The number of hydrogen-bond acceptors (Lipinski definition) is 0. The van der Waals surface area contributed by atoms with Crippen LogP contribution >= 0.6 is 0 Å². The average Bonchev–Trinajstić information content (AvgIpc) is 2.77. The molecule has 1 aromatic rings. The van der Waals surface area contributed by atoms with Gasteiger partial charge in [-0.3, -0.25) is 0 Å². The Balaban J connectivity index is 0.000000902. The highest BCUT2D eigenvalue weighted by atomic mass is 35.5. The van der Waals surface area contributed by atoms with Gasteiger partial charge in [0, 0.05) is 25.2 Å². The summed E-state index contributed by atoms with van der Waals surface area (Å²) in [5, 5.41) is 0. The lowest BCUT2D eigenvalue weighted by Gasteiger charge is -2.37. The molecule has 2 bridgehead atoms. The number of quaternary nitrogens is 1. The van der Waals surface area contributed by atoms with Crippen molar-refractivity contribution in [2.75, 3.05) is 7.05 Å². The summed E-state index contributed by atoms with van der Waals surface area (Å²) < 4.78 is 0. The van der Waals surface area contributed by atoms with Crippen molar-refractivity contribution in [3.05, 3.63) is 35.4 Å². The standard InChI is InChI=1S/C15H19N.ClH/c1-16-11-6-7-15(16)14-8-10-4-2-3-5-12(10)13(14)9-11;/h2-5,11,13-15H,6-9H2,1H3;1H. The molecule has 0 saturated carbocycles. The van der Waals surface area contributed by atoms with E-state index in [0.717, 1.165) is 23.9 Å². The summed E-state index contributed by atoms with van der Waals surface area (Å²) in [5.74, 6) is 1.86. The van der Waals surface area contributed by atoms with Gasteiger partial charge in [-0.1, -0.05) is 24.3 Å². The molecule has 1 nitrogen and oxygen atoms in total. The average molecular weight is 250 g/mol. The maximum Gasteiger partial charge on any atom is 0.0914 e. The molecule has 2 saturated heterocycles. The highest BCUT2D eigenvalue weighted by molar-refractivity contribution is 5.37. The van der Waals surface area contributed by atoms with E-state index in [0.29, 0.717) is 0 Å². The van der Waals surface area contributed by atoms with Gasteiger partial charge in [0.2, 0.25) is 0 Å². The molecule has 0 radical (unpaired) electrons. The lowest BCUT2D eigenvalue weighted by Crippen LogP contribution is -3.16. The van der Waals surface area contributed by atoms with Gasteiger partial charge in [0.1, 0.15) is 0 Å². The van der Waals surface area contributed by atoms with Gasteiger partial charge in [-0.25, -0.2) is 0 Å². The lowest BCUT2D eigenvalue weighted by atomic mass is 9.81. The molecule has 1 N–H and O–H groups in total. The summed E-state index contributed by atoms with van der Waals surface area (Å²) in [6.07, 6.45) is 5.76. The SMILES string of the molecule is C[NH+]1C2CCC1C1Cc3ccccc3C1C2.[Cl-]. The molecule has 2 heteroatoms. The molecule has 0 spiro atoms. The minimum atomic E-state index is 0. The Hall–Kier alpha value is -0.530. The molecule has 0 aromatic heterocycles. The first-order chi connectivity index (χ1) is 7.84. The second kappa shape index (κ2) is 4.00. The number of rotatable bonds is 0. The van der Waals surface area contributed by atoms with Gasteiger partial charge in [-0.2, -0.15) is 0 Å². The first kappa shape index (κ1) is 11.6. The highest BCUT2D eigenvalue weighted by Crippen LogP contribution is 2.46. The Bertz CT molecular complexity index is 431. The van der Waals surface area contributed by atoms with E-state index >= 15 is 0 Å². The molecule has 2 heterocycles. The van der Waals surface area contributed by atoms with Crippen LogP contribution in [0.4, 0.5) is 0 Å². The normalized spacial score (nSPS) is 41.6. The van der Waals surface area contributed by atoms with Crippen LogP contribution in [0.25, 0.3) is 0 Å². The summed E-state index contributed by atoms with van der Waals surface area (Å²) in [7, 11) is 2.43. The quantitative estimate of drug-likeness (QED) is 0.565. The second-order valence-corrected chi connectivity index (χ2v) is 6.03. The van der Waals surface area contributed by atoms with E-state index in [9.17, 15) is 0 Å². The Morgan fingerprint density at radius 2 is 2.00 bits per heavy atom. The Kier molecular flexibility index (Phi) is 2.72. The van der Waals surface area contributed by atoms with Crippen LogP contribution in [0.2, 0.25) is 0 Å². The molecule has 92 valence electrons. The smallest absolute Gasteiger partial charge is 0.0914 e. The monoisotopic (exact) mass is 249 g/mol. The molecule has 5 unspecified atom stereocenters. The van der Waals surface area contributed by atoms with E-state index in [1.807, 2.05) is 4.90 Å². The lowest BCUT2D eigenvalue weighted by molar-refractivity contribution is -0.927. The molecule has 5 atom stereocenters. The zero-order valence-corrected chi connectivity index (χ0v) is 11.1. The van der Waals surface area contributed by atoms with Crippen LogP contribution in [-0.4, -0.2) is 19.1 Å². The number of fused-ring (bicyclic) bond motifs is 6. The summed E-state index contributed by atoms with van der Waals surface area (Å²) >= 11 is 0. The highest BCUT2D eigenvalue weighted by Gasteiger charge is 2.51. The fourth-order valence-corrected chi connectivity index (χ4v) is 4.73. The third-order valence-corrected chi connectivity index (χ3v) is 5.54. The van der Waals surface area contributed by atoms with Crippen molar-refractivity contribution in [3.63, 3.8) is 0 Å². The number of benzene rings is 1. The van der Waals surface area contributed by atoms with Gasteiger partial charge >= 0.3 is 0 Å². The number of hydrogen-bond donors (Lipinski definition) is 1. The predicted octanol–water partition coefficient (Wildman–Crippen LogP) is -1.60. The fraction of sp³-hybridized carbons (Fsp3) is 0.600. The van der Waals surface area contributed by atoms with Crippen molar-refractivity contribution < 1.29 is 17.3 Å². The molecular weight excluding hydrogens is 230 g/mol. The van der Waals surface area contributed by atoms with Gasteiger partial charge < -0.3 is 17.3 Å². The molecular formula is C15H20ClN. The van der Waals surface area contributed by atoms with Crippen LogP contribution in [0, 0.1) is 5.92 Å². The molecule has 1 aliphatic carbocycles. The third-order valence-electron chi connectivity index (χ3n) is 5.54. The Labute approximate surface area is 110 Å². The van der Waals surface area contributed by atoms with Crippen molar-refractivity contribution in [1.82, 2.24) is 0 Å². The van der Waals surface area contributed by atoms with E-state index in [4.69, 9.17) is 0 Å². The second-order valence-electron chi connectivity index (χ2n) is 6.03. The largest absolute Gasteiger partial charge is 1.00 e. The van der Waals surface area contributed by atoms with Crippen LogP contribution in [0.1, 0.15) is 36.3 Å². The topological polar surface area (TPSA) is 4.44 Å².